The SMILES string of the molecule is Cc1ccc(C)c(C(C)NC(=O)C2CN(S(=O)(=O)Cc3ccccc3)c3ccccc3O2)c1. The Morgan fingerprint density at radius 1 is 1.06 bits per heavy atom. The molecule has 0 bridgehead atoms. The largest absolute Gasteiger partial charge is 0.476 e. The standard InChI is InChI=1S/C26H28N2O4S/c1-18-13-14-19(2)22(15-18)20(3)27-26(29)25-16-28(23-11-7-8-12-24(23)32-25)33(30,31)17-21-9-5-4-6-10-21/h4-15,20,25H,16-17H2,1-3H3,(H,27,29). The van der Waals surface area contributed by atoms with Gasteiger partial charge in [0.25, 0.3) is 5.91 Å². The highest BCUT2D eigenvalue weighted by molar-refractivity contribution is 7.92. The number of nitrogens with zero attached hydrogens (tertiary/aromatic N) is 1. The number of anilines is 1. The van der Waals surface area contributed by atoms with E-state index in [0.717, 1.165) is 16.7 Å². The molecule has 0 radical (unpaired) electrons. The number of benzene rings is 3. The first-order valence-electron chi connectivity index (χ1n) is 10.9. The Morgan fingerprint density at radius 3 is 2.52 bits per heavy atom. The molecule has 7 heteroatoms. The first-order valence-corrected chi connectivity index (χ1v) is 12.5. The van der Waals surface area contributed by atoms with E-state index in [0.29, 0.717) is 17.0 Å². The Morgan fingerprint density at radius 2 is 1.76 bits per heavy atom. The van der Waals surface area contributed by atoms with E-state index in [1.807, 2.05) is 57.2 Å². The summed E-state index contributed by atoms with van der Waals surface area (Å²) in [5.41, 5.74) is 4.34. The summed E-state index contributed by atoms with van der Waals surface area (Å²) >= 11 is 0. The van der Waals surface area contributed by atoms with Crippen molar-refractivity contribution in [1.82, 2.24) is 5.32 Å². The average molecular weight is 465 g/mol. The van der Waals surface area contributed by atoms with Gasteiger partial charge in [0.2, 0.25) is 10.0 Å². The van der Waals surface area contributed by atoms with Gasteiger partial charge in [0.15, 0.2) is 6.10 Å². The Kier molecular flexibility index (Phi) is 6.42. The van der Waals surface area contributed by atoms with Crippen LogP contribution in [0.3, 0.4) is 0 Å². The van der Waals surface area contributed by atoms with Gasteiger partial charge in [-0.2, -0.15) is 0 Å². The second-order valence-corrected chi connectivity index (χ2v) is 10.3. The molecule has 0 saturated heterocycles. The van der Waals surface area contributed by atoms with Crippen molar-refractivity contribution in [2.75, 3.05) is 10.8 Å². The molecular weight excluding hydrogens is 436 g/mol. The topological polar surface area (TPSA) is 75.7 Å². The Balaban J connectivity index is 1.58. The van der Waals surface area contributed by atoms with Crippen molar-refractivity contribution in [3.63, 3.8) is 0 Å². The van der Waals surface area contributed by atoms with E-state index in [1.165, 1.54) is 4.31 Å². The van der Waals surface area contributed by atoms with Gasteiger partial charge in [-0.15, -0.1) is 0 Å². The number of para-hydroxylation sites is 2. The predicted octanol–water partition coefficient (Wildman–Crippen LogP) is 4.28. The van der Waals surface area contributed by atoms with Gasteiger partial charge in [0.1, 0.15) is 5.75 Å². The van der Waals surface area contributed by atoms with Crippen LogP contribution >= 0.6 is 0 Å². The zero-order valence-corrected chi connectivity index (χ0v) is 19.8. The monoisotopic (exact) mass is 464 g/mol. The van der Waals surface area contributed by atoms with Crippen LogP contribution in [-0.4, -0.2) is 27.0 Å². The van der Waals surface area contributed by atoms with Gasteiger partial charge in [-0.3, -0.25) is 9.10 Å². The van der Waals surface area contributed by atoms with Crippen molar-refractivity contribution in [3.8, 4) is 5.75 Å². The highest BCUT2D eigenvalue weighted by Crippen LogP contribution is 2.36. The number of amides is 1. The van der Waals surface area contributed by atoms with E-state index < -0.39 is 16.1 Å². The molecule has 3 aromatic rings. The number of fused-ring (bicyclic) bond motifs is 1. The van der Waals surface area contributed by atoms with Crippen molar-refractivity contribution in [2.24, 2.45) is 0 Å². The van der Waals surface area contributed by atoms with Gasteiger partial charge in [0, 0.05) is 0 Å². The number of nitrogens with one attached hydrogen (secondary N) is 1. The third-order valence-electron chi connectivity index (χ3n) is 5.81. The molecule has 1 heterocycles. The van der Waals surface area contributed by atoms with E-state index in [4.69, 9.17) is 4.74 Å². The number of carbonyl (C=O) groups is 1. The summed E-state index contributed by atoms with van der Waals surface area (Å²) in [4.78, 5) is 13.2. The van der Waals surface area contributed by atoms with Crippen LogP contribution in [0.25, 0.3) is 0 Å². The number of carbonyl (C=O) groups excluding carboxylic acids is 1. The van der Waals surface area contributed by atoms with Crippen LogP contribution in [0.2, 0.25) is 0 Å². The van der Waals surface area contributed by atoms with E-state index >= 15 is 0 Å². The Labute approximate surface area is 195 Å². The lowest BCUT2D eigenvalue weighted by Crippen LogP contribution is -2.51. The molecule has 0 aromatic heterocycles. The molecule has 3 aromatic carbocycles. The zero-order chi connectivity index (χ0) is 23.6. The highest BCUT2D eigenvalue weighted by Gasteiger charge is 2.37. The first-order chi connectivity index (χ1) is 15.7. The maximum Gasteiger partial charge on any atom is 0.263 e. The predicted molar refractivity (Wildman–Crippen MR) is 130 cm³/mol. The summed E-state index contributed by atoms with van der Waals surface area (Å²) in [5, 5.41) is 3.00. The number of sulfonamides is 1. The molecule has 0 saturated carbocycles. The van der Waals surface area contributed by atoms with Crippen LogP contribution in [0.1, 0.15) is 35.2 Å². The lowest BCUT2D eigenvalue weighted by molar-refractivity contribution is -0.128. The number of ether oxygens (including phenoxy) is 1. The van der Waals surface area contributed by atoms with Gasteiger partial charge in [-0.25, -0.2) is 8.42 Å². The quantitative estimate of drug-likeness (QED) is 0.591. The number of hydrogen-bond acceptors (Lipinski definition) is 4. The summed E-state index contributed by atoms with van der Waals surface area (Å²) in [6, 6.07) is 21.8. The van der Waals surface area contributed by atoms with Crippen molar-refractivity contribution in [2.45, 2.75) is 38.7 Å². The second-order valence-electron chi connectivity index (χ2n) is 8.44. The van der Waals surface area contributed by atoms with Gasteiger partial charge >= 0.3 is 0 Å². The average Bonchev–Trinajstić information content (AvgIpc) is 2.80. The summed E-state index contributed by atoms with van der Waals surface area (Å²) in [7, 11) is -3.74. The fraction of sp³-hybridized carbons (Fsp3) is 0.269. The van der Waals surface area contributed by atoms with E-state index in [1.54, 1.807) is 36.4 Å². The summed E-state index contributed by atoms with van der Waals surface area (Å²) < 4.78 is 33.9. The molecule has 2 unspecified atom stereocenters. The minimum atomic E-state index is -3.74. The van der Waals surface area contributed by atoms with Crippen molar-refractivity contribution >= 4 is 21.6 Å². The fourth-order valence-electron chi connectivity index (χ4n) is 4.08. The van der Waals surface area contributed by atoms with Crippen LogP contribution in [0.4, 0.5) is 5.69 Å². The maximum atomic E-state index is 13.4. The summed E-state index contributed by atoms with van der Waals surface area (Å²) in [5.74, 6) is -0.132. The lowest BCUT2D eigenvalue weighted by atomic mass is 10.00. The molecule has 0 fully saturated rings. The van der Waals surface area contributed by atoms with E-state index in [-0.39, 0.29) is 24.2 Å². The van der Waals surface area contributed by atoms with Crippen LogP contribution < -0.4 is 14.4 Å². The molecular formula is C26H28N2O4S. The van der Waals surface area contributed by atoms with E-state index in [2.05, 4.69) is 5.32 Å². The van der Waals surface area contributed by atoms with Crippen LogP contribution in [-0.2, 0) is 20.6 Å². The molecule has 0 aliphatic carbocycles. The number of rotatable bonds is 6. The van der Waals surface area contributed by atoms with E-state index in [9.17, 15) is 13.2 Å². The molecule has 1 aliphatic heterocycles. The minimum Gasteiger partial charge on any atom is -0.476 e. The van der Waals surface area contributed by atoms with Crippen molar-refractivity contribution < 1.29 is 17.9 Å². The number of hydrogen-bond donors (Lipinski definition) is 1. The molecule has 4 rings (SSSR count). The smallest absolute Gasteiger partial charge is 0.263 e. The molecule has 6 nitrogen and oxygen atoms in total. The lowest BCUT2D eigenvalue weighted by Gasteiger charge is -2.35. The molecule has 1 aliphatic rings. The maximum absolute atomic E-state index is 13.4. The fourth-order valence-corrected chi connectivity index (χ4v) is 5.66. The van der Waals surface area contributed by atoms with Crippen molar-refractivity contribution in [1.29, 1.82) is 0 Å². The third-order valence-corrected chi connectivity index (χ3v) is 7.53. The molecule has 33 heavy (non-hydrogen) atoms. The van der Waals surface area contributed by atoms with Crippen LogP contribution in [0, 0.1) is 13.8 Å². The van der Waals surface area contributed by atoms with Gasteiger partial charge < -0.3 is 10.1 Å². The van der Waals surface area contributed by atoms with Crippen LogP contribution in [0.5, 0.6) is 5.75 Å². The molecule has 1 N–H and O–H groups in total. The van der Waals surface area contributed by atoms with Gasteiger partial charge in [-0.05, 0) is 49.6 Å². The Bertz CT molecular complexity index is 1260. The Hall–Kier alpha value is -3.32. The van der Waals surface area contributed by atoms with Crippen molar-refractivity contribution in [3.05, 3.63) is 95.1 Å². The zero-order valence-electron chi connectivity index (χ0n) is 19.0. The minimum absolute atomic E-state index is 0.0858. The summed E-state index contributed by atoms with van der Waals surface area (Å²) in [6.07, 6.45) is -0.960. The van der Waals surface area contributed by atoms with Gasteiger partial charge in [-0.1, -0.05) is 66.2 Å². The van der Waals surface area contributed by atoms with Crippen LogP contribution in [0.15, 0.2) is 72.8 Å². The van der Waals surface area contributed by atoms with Gasteiger partial charge in [0.05, 0.1) is 24.0 Å². The summed E-state index contributed by atoms with van der Waals surface area (Å²) in [6.45, 7) is 5.84. The molecule has 1 amide bonds. The normalized spacial score (nSPS) is 16.5. The molecule has 0 spiro atoms. The number of aryl methyl sites for hydroxylation is 2. The second kappa shape index (κ2) is 9.27. The third kappa shape index (κ3) is 5.03. The molecule has 172 valence electrons. The highest BCUT2D eigenvalue weighted by atomic mass is 32.2. The molecule has 2 atom stereocenters. The first kappa shape index (κ1) is 22.9.